The highest BCUT2D eigenvalue weighted by Gasteiger charge is 2.06. The largest absolute Gasteiger partial charge is 0.457 e. The lowest BCUT2D eigenvalue weighted by atomic mass is 10.2. The van der Waals surface area contributed by atoms with E-state index in [4.69, 9.17) is 10.5 Å². The van der Waals surface area contributed by atoms with Gasteiger partial charge in [-0.25, -0.2) is 15.0 Å². The summed E-state index contributed by atoms with van der Waals surface area (Å²) in [4.78, 5) is 13.1. The van der Waals surface area contributed by atoms with Crippen molar-refractivity contribution >= 4 is 5.69 Å². The molecule has 1 aromatic heterocycles. The summed E-state index contributed by atoms with van der Waals surface area (Å²) in [6, 6.07) is 24.7. The van der Waals surface area contributed by atoms with Crippen LogP contribution >= 0.6 is 0 Å². The number of nitrogen functional groups attached to an aromatic ring is 1. The molecule has 0 saturated carbocycles. The summed E-state index contributed by atoms with van der Waals surface area (Å²) in [5.74, 6) is 2.74. The maximum Gasteiger partial charge on any atom is 0.163 e. The van der Waals surface area contributed by atoms with Crippen LogP contribution in [0.25, 0.3) is 22.8 Å². The Morgan fingerprint density at radius 3 is 1.77 bits per heavy atom. The number of nitrogens with zero attached hydrogens (tertiary/aromatic N) is 3. The van der Waals surface area contributed by atoms with Gasteiger partial charge in [0.1, 0.15) is 17.8 Å². The number of nitrogens with two attached hydrogens (primary N) is 1. The van der Waals surface area contributed by atoms with Gasteiger partial charge in [-0.3, -0.25) is 0 Å². The van der Waals surface area contributed by atoms with Crippen molar-refractivity contribution in [1.82, 2.24) is 15.0 Å². The van der Waals surface area contributed by atoms with E-state index >= 15 is 0 Å². The molecule has 0 unspecified atom stereocenters. The molecule has 5 nitrogen and oxygen atoms in total. The van der Waals surface area contributed by atoms with Crippen molar-refractivity contribution in [3.8, 4) is 34.3 Å². The van der Waals surface area contributed by atoms with Crippen molar-refractivity contribution in [3.63, 3.8) is 0 Å². The van der Waals surface area contributed by atoms with Gasteiger partial charge in [-0.2, -0.15) is 0 Å². The first-order chi connectivity index (χ1) is 12.8. The minimum absolute atomic E-state index is 0.623. The topological polar surface area (TPSA) is 73.9 Å². The van der Waals surface area contributed by atoms with Crippen molar-refractivity contribution in [1.29, 1.82) is 0 Å². The number of aromatic nitrogens is 3. The summed E-state index contributed by atoms with van der Waals surface area (Å²) in [5.41, 5.74) is 8.24. The lowest BCUT2D eigenvalue weighted by Gasteiger charge is -2.07. The second-order valence-corrected chi connectivity index (χ2v) is 5.69. The first-order valence-corrected chi connectivity index (χ1v) is 8.16. The van der Waals surface area contributed by atoms with Crippen molar-refractivity contribution in [2.24, 2.45) is 0 Å². The van der Waals surface area contributed by atoms with Gasteiger partial charge in [0.2, 0.25) is 0 Å². The van der Waals surface area contributed by atoms with E-state index in [0.29, 0.717) is 17.3 Å². The van der Waals surface area contributed by atoms with Gasteiger partial charge in [0, 0.05) is 16.8 Å². The molecule has 4 rings (SSSR count). The maximum atomic E-state index is 5.81. The molecule has 0 spiro atoms. The van der Waals surface area contributed by atoms with Crippen molar-refractivity contribution in [2.75, 3.05) is 5.73 Å². The fourth-order valence-electron chi connectivity index (χ4n) is 2.51. The number of anilines is 1. The monoisotopic (exact) mass is 340 g/mol. The molecular weight excluding hydrogens is 324 g/mol. The third kappa shape index (κ3) is 3.52. The predicted octanol–water partition coefficient (Wildman–Crippen LogP) is 4.58. The average Bonchev–Trinajstić information content (AvgIpc) is 2.71. The van der Waals surface area contributed by atoms with Gasteiger partial charge in [-0.05, 0) is 48.5 Å². The molecular formula is C21H16N4O. The lowest BCUT2D eigenvalue weighted by molar-refractivity contribution is 0.483. The number of hydrogen-bond acceptors (Lipinski definition) is 5. The molecule has 3 aromatic carbocycles. The predicted molar refractivity (Wildman–Crippen MR) is 102 cm³/mol. The fourth-order valence-corrected chi connectivity index (χ4v) is 2.51. The molecule has 1 heterocycles. The van der Waals surface area contributed by atoms with Gasteiger partial charge in [-0.1, -0.05) is 30.3 Å². The van der Waals surface area contributed by atoms with E-state index in [1.54, 1.807) is 12.1 Å². The van der Waals surface area contributed by atoms with Crippen LogP contribution in [0, 0.1) is 0 Å². The third-order valence-electron chi connectivity index (χ3n) is 3.83. The van der Waals surface area contributed by atoms with Gasteiger partial charge < -0.3 is 10.5 Å². The summed E-state index contributed by atoms with van der Waals surface area (Å²) in [6.07, 6.45) is 1.53. The Labute approximate surface area is 151 Å². The highest BCUT2D eigenvalue weighted by atomic mass is 16.5. The molecule has 5 heteroatoms. The van der Waals surface area contributed by atoms with E-state index in [0.717, 1.165) is 22.6 Å². The van der Waals surface area contributed by atoms with E-state index in [2.05, 4.69) is 15.0 Å². The van der Waals surface area contributed by atoms with Crippen molar-refractivity contribution < 1.29 is 4.74 Å². The van der Waals surface area contributed by atoms with Gasteiger partial charge >= 0.3 is 0 Å². The Morgan fingerprint density at radius 1 is 0.615 bits per heavy atom. The van der Waals surface area contributed by atoms with Gasteiger partial charge in [0.25, 0.3) is 0 Å². The molecule has 126 valence electrons. The second-order valence-electron chi connectivity index (χ2n) is 5.69. The number of ether oxygens (including phenoxy) is 1. The summed E-state index contributed by atoms with van der Waals surface area (Å²) in [7, 11) is 0. The molecule has 0 saturated heterocycles. The Kier molecular flexibility index (Phi) is 4.26. The molecule has 26 heavy (non-hydrogen) atoms. The second kappa shape index (κ2) is 7.03. The van der Waals surface area contributed by atoms with Gasteiger partial charge in [-0.15, -0.1) is 0 Å². The van der Waals surface area contributed by atoms with Crippen LogP contribution in [-0.2, 0) is 0 Å². The van der Waals surface area contributed by atoms with E-state index in [9.17, 15) is 0 Å². The van der Waals surface area contributed by atoms with Crippen LogP contribution in [0.1, 0.15) is 0 Å². The smallest absolute Gasteiger partial charge is 0.163 e. The summed E-state index contributed by atoms with van der Waals surface area (Å²) >= 11 is 0. The fraction of sp³-hybridized carbons (Fsp3) is 0. The standard InChI is InChI=1S/C21H16N4O/c22-17-8-12-19(13-9-17)26-18-10-6-16(7-11-18)21-24-14-23-20(25-21)15-4-2-1-3-5-15/h1-14H,22H2. The molecule has 4 aromatic rings. The normalized spacial score (nSPS) is 10.5. The average molecular weight is 340 g/mol. The Hall–Kier alpha value is -3.73. The van der Waals surface area contributed by atoms with E-state index in [1.165, 1.54) is 6.33 Å². The highest BCUT2D eigenvalue weighted by Crippen LogP contribution is 2.25. The van der Waals surface area contributed by atoms with Crippen LogP contribution in [-0.4, -0.2) is 15.0 Å². The van der Waals surface area contributed by atoms with E-state index in [-0.39, 0.29) is 0 Å². The van der Waals surface area contributed by atoms with Gasteiger partial charge in [0.15, 0.2) is 11.6 Å². The maximum absolute atomic E-state index is 5.81. The molecule has 2 N–H and O–H groups in total. The van der Waals surface area contributed by atoms with Crippen LogP contribution in [0.5, 0.6) is 11.5 Å². The third-order valence-corrected chi connectivity index (χ3v) is 3.83. The minimum Gasteiger partial charge on any atom is -0.457 e. The lowest BCUT2D eigenvalue weighted by Crippen LogP contribution is -1.95. The molecule has 0 atom stereocenters. The quantitative estimate of drug-likeness (QED) is 0.550. The Bertz CT molecular complexity index is 1000. The van der Waals surface area contributed by atoms with Crippen molar-refractivity contribution in [2.45, 2.75) is 0 Å². The summed E-state index contributed by atoms with van der Waals surface area (Å²) in [6.45, 7) is 0. The summed E-state index contributed by atoms with van der Waals surface area (Å²) in [5, 5.41) is 0. The number of rotatable bonds is 4. The first-order valence-electron chi connectivity index (χ1n) is 8.16. The first kappa shape index (κ1) is 15.8. The Balaban J connectivity index is 1.56. The highest BCUT2D eigenvalue weighted by molar-refractivity contribution is 5.61. The zero-order chi connectivity index (χ0) is 17.8. The van der Waals surface area contributed by atoms with E-state index < -0.39 is 0 Å². The molecule has 0 amide bonds. The number of hydrogen-bond donors (Lipinski definition) is 1. The van der Waals surface area contributed by atoms with Crippen LogP contribution < -0.4 is 10.5 Å². The summed E-state index contributed by atoms with van der Waals surface area (Å²) < 4.78 is 5.81. The molecule has 0 fully saturated rings. The molecule has 0 aliphatic carbocycles. The van der Waals surface area contributed by atoms with Crippen LogP contribution in [0.3, 0.4) is 0 Å². The number of benzene rings is 3. The molecule has 0 radical (unpaired) electrons. The van der Waals surface area contributed by atoms with Crippen molar-refractivity contribution in [3.05, 3.63) is 85.2 Å². The Morgan fingerprint density at radius 2 is 1.15 bits per heavy atom. The van der Waals surface area contributed by atoms with E-state index in [1.807, 2.05) is 66.7 Å². The zero-order valence-corrected chi connectivity index (χ0v) is 13.9. The van der Waals surface area contributed by atoms with Crippen LogP contribution in [0.2, 0.25) is 0 Å². The molecule has 0 aliphatic rings. The zero-order valence-electron chi connectivity index (χ0n) is 13.9. The van der Waals surface area contributed by atoms with Crippen LogP contribution in [0.4, 0.5) is 5.69 Å². The minimum atomic E-state index is 0.623. The van der Waals surface area contributed by atoms with Gasteiger partial charge in [0.05, 0.1) is 0 Å². The molecule has 0 bridgehead atoms. The van der Waals surface area contributed by atoms with Crippen LogP contribution in [0.15, 0.2) is 85.2 Å². The SMILES string of the molecule is Nc1ccc(Oc2ccc(-c3ncnc(-c4ccccc4)n3)cc2)cc1. The molecule has 0 aliphatic heterocycles.